The van der Waals surface area contributed by atoms with Crippen LogP contribution in [-0.2, 0) is 16.0 Å². The molecule has 0 radical (unpaired) electrons. The monoisotopic (exact) mass is 318 g/mol. The number of nitrogens with zero attached hydrogens (tertiary/aromatic N) is 1. The number of H-pyrrole nitrogens is 1. The SMILES string of the molecule is Cc1[nH]c(=O)c(C#N)c(C)c1CCC(=O)NCC(=O)NC(C)C. The summed E-state index contributed by atoms with van der Waals surface area (Å²) in [6.07, 6.45) is 0.564. The van der Waals surface area contributed by atoms with Gasteiger partial charge in [0.2, 0.25) is 11.8 Å². The lowest BCUT2D eigenvalue weighted by Crippen LogP contribution is -2.39. The number of pyridine rings is 1. The van der Waals surface area contributed by atoms with Crippen molar-refractivity contribution in [1.29, 1.82) is 5.26 Å². The largest absolute Gasteiger partial charge is 0.352 e. The molecule has 0 aromatic carbocycles. The van der Waals surface area contributed by atoms with Gasteiger partial charge < -0.3 is 15.6 Å². The van der Waals surface area contributed by atoms with Crippen molar-refractivity contribution in [2.75, 3.05) is 6.54 Å². The first-order chi connectivity index (χ1) is 10.8. The van der Waals surface area contributed by atoms with Crippen LogP contribution in [0.4, 0.5) is 0 Å². The van der Waals surface area contributed by atoms with Gasteiger partial charge in [-0.1, -0.05) is 0 Å². The van der Waals surface area contributed by atoms with Crippen LogP contribution in [0, 0.1) is 25.2 Å². The number of rotatable bonds is 6. The van der Waals surface area contributed by atoms with E-state index < -0.39 is 5.56 Å². The number of hydrogen-bond acceptors (Lipinski definition) is 4. The van der Waals surface area contributed by atoms with E-state index in [1.165, 1.54) is 0 Å². The van der Waals surface area contributed by atoms with Gasteiger partial charge in [-0.2, -0.15) is 5.26 Å². The normalized spacial score (nSPS) is 10.3. The van der Waals surface area contributed by atoms with E-state index in [9.17, 15) is 14.4 Å². The summed E-state index contributed by atoms with van der Waals surface area (Å²) < 4.78 is 0. The molecule has 7 nitrogen and oxygen atoms in total. The van der Waals surface area contributed by atoms with Crippen molar-refractivity contribution < 1.29 is 9.59 Å². The van der Waals surface area contributed by atoms with E-state index in [2.05, 4.69) is 15.6 Å². The Morgan fingerprint density at radius 2 is 1.91 bits per heavy atom. The topological polar surface area (TPSA) is 115 Å². The molecular weight excluding hydrogens is 296 g/mol. The molecule has 3 N–H and O–H groups in total. The van der Waals surface area contributed by atoms with Gasteiger partial charge in [0.05, 0.1) is 6.54 Å². The number of aryl methyl sites for hydroxylation is 1. The molecule has 2 amide bonds. The summed E-state index contributed by atoms with van der Waals surface area (Å²) in [5.41, 5.74) is 1.68. The highest BCUT2D eigenvalue weighted by atomic mass is 16.2. The molecule has 0 aliphatic rings. The Morgan fingerprint density at radius 3 is 2.48 bits per heavy atom. The number of carbonyl (C=O) groups is 2. The van der Waals surface area contributed by atoms with Gasteiger partial charge in [-0.25, -0.2) is 0 Å². The second kappa shape index (κ2) is 8.13. The lowest BCUT2D eigenvalue weighted by molar-refractivity contribution is -0.126. The zero-order chi connectivity index (χ0) is 17.6. The van der Waals surface area contributed by atoms with Crippen LogP contribution in [0.3, 0.4) is 0 Å². The molecular formula is C16H22N4O3. The predicted molar refractivity (Wildman–Crippen MR) is 85.9 cm³/mol. The van der Waals surface area contributed by atoms with E-state index in [1.807, 2.05) is 19.9 Å². The first kappa shape index (κ1) is 18.4. The predicted octanol–water partition coefficient (Wildman–Crippen LogP) is 0.437. The number of nitrogens with one attached hydrogen (secondary N) is 3. The Morgan fingerprint density at radius 1 is 1.26 bits per heavy atom. The minimum absolute atomic E-state index is 0.0234. The third-order valence-electron chi connectivity index (χ3n) is 3.42. The molecule has 1 aromatic heterocycles. The van der Waals surface area contributed by atoms with Crippen molar-refractivity contribution in [2.45, 2.75) is 46.6 Å². The smallest absolute Gasteiger partial charge is 0.266 e. The Bertz CT molecular complexity index is 699. The maximum absolute atomic E-state index is 11.8. The molecule has 1 heterocycles. The number of hydrogen-bond donors (Lipinski definition) is 3. The van der Waals surface area contributed by atoms with Crippen LogP contribution < -0.4 is 16.2 Å². The van der Waals surface area contributed by atoms with Gasteiger partial charge in [0, 0.05) is 18.2 Å². The molecule has 7 heteroatoms. The van der Waals surface area contributed by atoms with Gasteiger partial charge >= 0.3 is 0 Å². The second-order valence-corrected chi connectivity index (χ2v) is 5.67. The van der Waals surface area contributed by atoms with Crippen LogP contribution in [-0.4, -0.2) is 29.4 Å². The molecule has 0 saturated heterocycles. The number of aromatic amines is 1. The fourth-order valence-corrected chi connectivity index (χ4v) is 2.30. The summed E-state index contributed by atoms with van der Waals surface area (Å²) in [6.45, 7) is 7.05. The number of carbonyl (C=O) groups excluding carboxylic acids is 2. The molecule has 23 heavy (non-hydrogen) atoms. The van der Waals surface area contributed by atoms with Crippen LogP contribution in [0.15, 0.2) is 4.79 Å². The highest BCUT2D eigenvalue weighted by molar-refractivity contribution is 5.84. The van der Waals surface area contributed by atoms with Crippen LogP contribution in [0.2, 0.25) is 0 Å². The third kappa shape index (κ3) is 5.25. The summed E-state index contributed by atoms with van der Waals surface area (Å²) in [5, 5.41) is 14.2. The van der Waals surface area contributed by atoms with Crippen molar-refractivity contribution in [2.24, 2.45) is 0 Å². The van der Waals surface area contributed by atoms with Crippen LogP contribution in [0.5, 0.6) is 0 Å². The molecule has 0 aliphatic heterocycles. The number of amides is 2. The lowest BCUT2D eigenvalue weighted by Gasteiger charge is -2.11. The Hall–Kier alpha value is -2.62. The van der Waals surface area contributed by atoms with Gasteiger partial charge in [-0.15, -0.1) is 0 Å². The van der Waals surface area contributed by atoms with Gasteiger partial charge in [-0.3, -0.25) is 14.4 Å². The van der Waals surface area contributed by atoms with Gasteiger partial charge in [0.25, 0.3) is 5.56 Å². The van der Waals surface area contributed by atoms with Gasteiger partial charge in [0.1, 0.15) is 11.6 Å². The average Bonchev–Trinajstić information content (AvgIpc) is 2.44. The maximum Gasteiger partial charge on any atom is 0.266 e. The zero-order valence-electron chi connectivity index (χ0n) is 13.9. The number of aromatic nitrogens is 1. The van der Waals surface area contributed by atoms with Crippen molar-refractivity contribution in [1.82, 2.24) is 15.6 Å². The molecule has 0 aliphatic carbocycles. The Balaban J connectivity index is 2.66. The van der Waals surface area contributed by atoms with Gasteiger partial charge in [0.15, 0.2) is 0 Å². The van der Waals surface area contributed by atoms with Crippen LogP contribution in [0.1, 0.15) is 42.7 Å². The molecule has 0 unspecified atom stereocenters. The maximum atomic E-state index is 11.8. The first-order valence-corrected chi connectivity index (χ1v) is 7.44. The molecule has 1 aromatic rings. The van der Waals surface area contributed by atoms with E-state index in [4.69, 9.17) is 5.26 Å². The number of nitriles is 1. The highest BCUT2D eigenvalue weighted by Crippen LogP contribution is 2.14. The lowest BCUT2D eigenvalue weighted by atomic mass is 9.99. The van der Waals surface area contributed by atoms with Gasteiger partial charge in [-0.05, 0) is 45.2 Å². The summed E-state index contributed by atoms with van der Waals surface area (Å²) >= 11 is 0. The first-order valence-electron chi connectivity index (χ1n) is 7.44. The highest BCUT2D eigenvalue weighted by Gasteiger charge is 2.13. The average molecular weight is 318 g/mol. The van der Waals surface area contributed by atoms with E-state index in [1.54, 1.807) is 13.8 Å². The minimum Gasteiger partial charge on any atom is -0.352 e. The molecule has 1 rings (SSSR count). The van der Waals surface area contributed by atoms with Crippen LogP contribution in [0.25, 0.3) is 0 Å². The van der Waals surface area contributed by atoms with Crippen molar-refractivity contribution in [3.8, 4) is 6.07 Å². The minimum atomic E-state index is -0.416. The summed E-state index contributed by atoms with van der Waals surface area (Å²) in [7, 11) is 0. The Labute approximate surface area is 135 Å². The molecule has 0 atom stereocenters. The van der Waals surface area contributed by atoms with Crippen molar-refractivity contribution in [3.63, 3.8) is 0 Å². The standard InChI is InChI=1S/C16H22N4O3/c1-9(2)19-15(22)8-18-14(21)6-5-12-10(3)13(7-17)16(23)20-11(12)4/h9H,5-6,8H2,1-4H3,(H,18,21)(H,19,22)(H,20,23). The summed E-state index contributed by atoms with van der Waals surface area (Å²) in [4.78, 5) is 37.5. The summed E-state index contributed by atoms with van der Waals surface area (Å²) in [5.74, 6) is -0.496. The van der Waals surface area contributed by atoms with Crippen molar-refractivity contribution in [3.05, 3.63) is 32.7 Å². The molecule has 0 bridgehead atoms. The summed E-state index contributed by atoms with van der Waals surface area (Å²) in [6, 6.07) is 1.90. The second-order valence-electron chi connectivity index (χ2n) is 5.67. The molecule has 0 spiro atoms. The fourth-order valence-electron chi connectivity index (χ4n) is 2.30. The fraction of sp³-hybridized carbons (Fsp3) is 0.500. The Kier molecular flexibility index (Phi) is 6.51. The van der Waals surface area contributed by atoms with Crippen molar-refractivity contribution >= 4 is 11.8 Å². The quantitative estimate of drug-likeness (QED) is 0.705. The van der Waals surface area contributed by atoms with E-state index >= 15 is 0 Å². The molecule has 0 saturated carbocycles. The zero-order valence-corrected chi connectivity index (χ0v) is 13.9. The third-order valence-corrected chi connectivity index (χ3v) is 3.42. The van der Waals surface area contributed by atoms with Crippen LogP contribution >= 0.6 is 0 Å². The van der Waals surface area contributed by atoms with E-state index in [0.29, 0.717) is 17.7 Å². The van der Waals surface area contributed by atoms with E-state index in [0.717, 1.165) is 5.56 Å². The molecule has 0 fully saturated rings. The van der Waals surface area contributed by atoms with E-state index in [-0.39, 0.29) is 36.4 Å². The molecule has 124 valence electrons.